The van der Waals surface area contributed by atoms with Crippen molar-refractivity contribution in [1.29, 1.82) is 0 Å². The second-order valence-electron chi connectivity index (χ2n) is 5.64. The Kier molecular flexibility index (Phi) is 8.30. The van der Waals surface area contributed by atoms with Crippen LogP contribution >= 0.6 is 28.1 Å². The molecule has 2 rings (SSSR count). The summed E-state index contributed by atoms with van der Waals surface area (Å²) in [5.74, 6) is 0. The van der Waals surface area contributed by atoms with Gasteiger partial charge in [-0.3, -0.25) is 4.90 Å². The Morgan fingerprint density at radius 1 is 1.26 bits per heavy atom. The van der Waals surface area contributed by atoms with Crippen LogP contribution in [0.2, 0.25) is 0 Å². The molecule has 1 N–H and O–H groups in total. The molecule has 6 heteroatoms. The second-order valence-corrected chi connectivity index (χ2v) is 6.88. The number of benzene rings is 1. The van der Waals surface area contributed by atoms with E-state index in [-0.39, 0.29) is 0 Å². The van der Waals surface area contributed by atoms with E-state index >= 15 is 0 Å². The van der Waals surface area contributed by atoms with Crippen LogP contribution in [0, 0.1) is 0 Å². The molecule has 0 spiro atoms. The van der Waals surface area contributed by atoms with E-state index in [1.807, 2.05) is 6.92 Å². The summed E-state index contributed by atoms with van der Waals surface area (Å²) in [7, 11) is 0. The van der Waals surface area contributed by atoms with Crippen molar-refractivity contribution < 1.29 is 4.74 Å². The normalized spacial score (nSPS) is 15.7. The van der Waals surface area contributed by atoms with Gasteiger partial charge in [-0.1, -0.05) is 34.1 Å². The molecule has 4 nitrogen and oxygen atoms in total. The van der Waals surface area contributed by atoms with Gasteiger partial charge in [0.05, 0.1) is 0 Å². The van der Waals surface area contributed by atoms with Crippen molar-refractivity contribution in [2.24, 2.45) is 0 Å². The van der Waals surface area contributed by atoms with Gasteiger partial charge in [-0.25, -0.2) is 0 Å². The highest BCUT2D eigenvalue weighted by molar-refractivity contribution is 9.10. The van der Waals surface area contributed by atoms with Crippen molar-refractivity contribution in [3.05, 3.63) is 34.3 Å². The first kappa shape index (κ1) is 18.6. The third-order valence-electron chi connectivity index (χ3n) is 3.96. The Morgan fingerprint density at radius 2 is 2.00 bits per heavy atom. The zero-order chi connectivity index (χ0) is 16.5. The van der Waals surface area contributed by atoms with E-state index in [0.29, 0.717) is 0 Å². The van der Waals surface area contributed by atoms with E-state index in [1.54, 1.807) is 0 Å². The monoisotopic (exact) mass is 399 g/mol. The fraction of sp³-hybridized carbons (Fsp3) is 0.588. The minimum atomic E-state index is 0.782. The lowest BCUT2D eigenvalue weighted by atomic mass is 10.2. The van der Waals surface area contributed by atoms with Crippen molar-refractivity contribution >= 4 is 33.3 Å². The average molecular weight is 400 g/mol. The molecule has 0 aromatic heterocycles. The van der Waals surface area contributed by atoms with E-state index in [9.17, 15) is 0 Å². The first-order chi connectivity index (χ1) is 11.2. The summed E-state index contributed by atoms with van der Waals surface area (Å²) in [4.78, 5) is 4.75. The number of piperazine rings is 1. The highest BCUT2D eigenvalue weighted by Gasteiger charge is 2.19. The van der Waals surface area contributed by atoms with Gasteiger partial charge in [-0.15, -0.1) is 0 Å². The molecule has 1 heterocycles. The van der Waals surface area contributed by atoms with Crippen molar-refractivity contribution in [2.45, 2.75) is 19.9 Å². The lowest BCUT2D eigenvalue weighted by Crippen LogP contribution is -2.51. The summed E-state index contributed by atoms with van der Waals surface area (Å²) < 4.78 is 6.52. The SMILES string of the molecule is CCOCCCNC(=S)N1CCN(Cc2ccccc2Br)CC1. The molecule has 0 aliphatic carbocycles. The zero-order valence-corrected chi connectivity index (χ0v) is 16.2. The van der Waals surface area contributed by atoms with Gasteiger partial charge in [0.25, 0.3) is 0 Å². The molecular weight excluding hydrogens is 374 g/mol. The smallest absolute Gasteiger partial charge is 0.169 e. The molecule has 1 fully saturated rings. The highest BCUT2D eigenvalue weighted by Crippen LogP contribution is 2.18. The third kappa shape index (κ3) is 6.37. The molecule has 1 aliphatic rings. The van der Waals surface area contributed by atoms with Crippen molar-refractivity contribution in [2.75, 3.05) is 45.9 Å². The molecule has 0 unspecified atom stereocenters. The number of ether oxygens (including phenoxy) is 1. The Labute approximate surface area is 153 Å². The topological polar surface area (TPSA) is 27.7 Å². The molecule has 0 bridgehead atoms. The lowest BCUT2D eigenvalue weighted by molar-refractivity contribution is 0.145. The van der Waals surface area contributed by atoms with Gasteiger partial charge >= 0.3 is 0 Å². The van der Waals surface area contributed by atoms with E-state index in [2.05, 4.69) is 55.3 Å². The lowest BCUT2D eigenvalue weighted by Gasteiger charge is -2.36. The molecule has 0 atom stereocenters. The van der Waals surface area contributed by atoms with Gasteiger partial charge in [0.2, 0.25) is 0 Å². The molecule has 23 heavy (non-hydrogen) atoms. The number of hydrogen-bond acceptors (Lipinski definition) is 3. The summed E-state index contributed by atoms with van der Waals surface area (Å²) >= 11 is 9.12. The largest absolute Gasteiger partial charge is 0.382 e. The predicted octanol–water partition coefficient (Wildman–Crippen LogP) is 2.87. The summed E-state index contributed by atoms with van der Waals surface area (Å²) in [5.41, 5.74) is 1.34. The second kappa shape index (κ2) is 10.2. The van der Waals surface area contributed by atoms with Crippen LogP contribution in [0.3, 0.4) is 0 Å². The first-order valence-electron chi connectivity index (χ1n) is 8.27. The van der Waals surface area contributed by atoms with E-state index in [0.717, 1.165) is 64.0 Å². The maximum absolute atomic E-state index is 5.49. The van der Waals surface area contributed by atoms with Crippen molar-refractivity contribution in [3.63, 3.8) is 0 Å². The van der Waals surface area contributed by atoms with Crippen LogP contribution in [-0.4, -0.2) is 60.8 Å². The fourth-order valence-corrected chi connectivity index (χ4v) is 3.30. The molecule has 128 valence electrons. The van der Waals surface area contributed by atoms with Crippen molar-refractivity contribution in [3.8, 4) is 0 Å². The molecular formula is C17H26BrN3OS. The number of rotatable bonds is 7. The Bertz CT molecular complexity index is 492. The van der Waals surface area contributed by atoms with E-state index < -0.39 is 0 Å². The summed E-state index contributed by atoms with van der Waals surface area (Å²) in [6.07, 6.45) is 0.996. The van der Waals surface area contributed by atoms with Crippen LogP contribution < -0.4 is 5.32 Å². The van der Waals surface area contributed by atoms with Crippen molar-refractivity contribution in [1.82, 2.24) is 15.1 Å². The number of nitrogens with zero attached hydrogens (tertiary/aromatic N) is 2. The average Bonchev–Trinajstić information content (AvgIpc) is 2.57. The first-order valence-corrected chi connectivity index (χ1v) is 9.47. The maximum atomic E-state index is 5.49. The van der Waals surface area contributed by atoms with Crippen LogP contribution in [0.4, 0.5) is 0 Å². The Hall–Kier alpha value is -0.690. The number of halogens is 1. The zero-order valence-electron chi connectivity index (χ0n) is 13.8. The summed E-state index contributed by atoms with van der Waals surface area (Å²) in [5, 5.41) is 4.21. The molecule has 1 aliphatic heterocycles. The molecule has 1 aromatic rings. The number of thiocarbonyl (C=S) groups is 1. The summed E-state index contributed by atoms with van der Waals surface area (Å²) in [6.45, 7) is 9.54. The van der Waals surface area contributed by atoms with Gasteiger partial charge < -0.3 is 15.0 Å². The predicted molar refractivity (Wildman–Crippen MR) is 103 cm³/mol. The minimum Gasteiger partial charge on any atom is -0.382 e. The van der Waals surface area contributed by atoms with E-state index in [4.69, 9.17) is 17.0 Å². The van der Waals surface area contributed by atoms with Crippen LogP contribution in [-0.2, 0) is 11.3 Å². The molecule has 1 saturated heterocycles. The standard InChI is InChI=1S/C17H26BrN3OS/c1-2-22-13-5-8-19-17(23)21-11-9-20(10-12-21)14-15-6-3-4-7-16(15)18/h3-4,6-7H,2,5,8-14H2,1H3,(H,19,23). The fourth-order valence-electron chi connectivity index (χ4n) is 2.60. The maximum Gasteiger partial charge on any atom is 0.169 e. The molecule has 0 amide bonds. The molecule has 0 saturated carbocycles. The van der Waals surface area contributed by atoms with E-state index in [1.165, 1.54) is 10.0 Å². The van der Waals surface area contributed by atoms with Crippen LogP contribution in [0.25, 0.3) is 0 Å². The highest BCUT2D eigenvalue weighted by atomic mass is 79.9. The third-order valence-corrected chi connectivity index (χ3v) is 5.13. The minimum absolute atomic E-state index is 0.782. The summed E-state index contributed by atoms with van der Waals surface area (Å²) in [6, 6.07) is 8.44. The number of nitrogens with one attached hydrogen (secondary N) is 1. The van der Waals surface area contributed by atoms with Gasteiger partial charge in [-0.2, -0.15) is 0 Å². The van der Waals surface area contributed by atoms with Gasteiger partial charge in [-0.05, 0) is 37.2 Å². The van der Waals surface area contributed by atoms with Gasteiger partial charge in [0, 0.05) is 57.0 Å². The quantitative estimate of drug-likeness (QED) is 0.561. The Balaban J connectivity index is 1.67. The number of hydrogen-bond donors (Lipinski definition) is 1. The van der Waals surface area contributed by atoms with Gasteiger partial charge in [0.1, 0.15) is 0 Å². The van der Waals surface area contributed by atoms with Crippen LogP contribution in [0.1, 0.15) is 18.9 Å². The van der Waals surface area contributed by atoms with Gasteiger partial charge in [0.15, 0.2) is 5.11 Å². The molecule has 1 aromatic carbocycles. The Morgan fingerprint density at radius 3 is 2.70 bits per heavy atom. The molecule has 0 radical (unpaired) electrons. The van der Waals surface area contributed by atoms with Crippen LogP contribution in [0.15, 0.2) is 28.7 Å². The van der Waals surface area contributed by atoms with Crippen LogP contribution in [0.5, 0.6) is 0 Å².